The van der Waals surface area contributed by atoms with Gasteiger partial charge in [-0.1, -0.05) is 0 Å². The molecule has 0 amide bonds. The smallest absolute Gasteiger partial charge is 0.266 e. The van der Waals surface area contributed by atoms with E-state index in [-0.39, 0.29) is 11.4 Å². The highest BCUT2D eigenvalue weighted by Gasteiger charge is 2.11. The second kappa shape index (κ2) is 10.8. The molecular weight excluding hydrogens is 475 g/mol. The van der Waals surface area contributed by atoms with Crippen LogP contribution in [0.3, 0.4) is 0 Å². The van der Waals surface area contributed by atoms with Gasteiger partial charge in [0, 0.05) is 56.6 Å². The van der Waals surface area contributed by atoms with Crippen molar-refractivity contribution in [1.29, 1.82) is 0 Å². The highest BCUT2D eigenvalue weighted by Crippen LogP contribution is 2.25. The molecular formula is C27H27FN6O3. The van der Waals surface area contributed by atoms with Gasteiger partial charge in [-0.2, -0.15) is 5.10 Å². The Kier molecular flexibility index (Phi) is 7.09. The van der Waals surface area contributed by atoms with Gasteiger partial charge >= 0.3 is 0 Å². The number of benzene rings is 1. The van der Waals surface area contributed by atoms with E-state index in [9.17, 15) is 9.18 Å². The van der Waals surface area contributed by atoms with Crippen LogP contribution in [0.25, 0.3) is 27.8 Å². The number of anilines is 1. The Hall–Kier alpha value is -4.31. The minimum Gasteiger partial charge on any atom is -0.492 e. The van der Waals surface area contributed by atoms with Gasteiger partial charge in [-0.3, -0.25) is 14.3 Å². The lowest BCUT2D eigenvalue weighted by Gasteiger charge is -2.12. The Labute approximate surface area is 212 Å². The number of nitrogens with zero attached hydrogens (tertiary/aromatic N) is 5. The van der Waals surface area contributed by atoms with Gasteiger partial charge in [0.15, 0.2) is 5.82 Å². The zero-order valence-electron chi connectivity index (χ0n) is 20.6. The third-order valence-corrected chi connectivity index (χ3v) is 6.02. The zero-order valence-corrected chi connectivity index (χ0v) is 20.6. The molecule has 0 saturated carbocycles. The lowest BCUT2D eigenvalue weighted by Crippen LogP contribution is -2.26. The third-order valence-electron chi connectivity index (χ3n) is 6.02. The van der Waals surface area contributed by atoms with Gasteiger partial charge in [-0.15, -0.1) is 0 Å². The number of aromatic nitrogens is 5. The van der Waals surface area contributed by atoms with Crippen LogP contribution in [0.4, 0.5) is 10.1 Å². The predicted octanol–water partition coefficient (Wildman–Crippen LogP) is 4.11. The summed E-state index contributed by atoms with van der Waals surface area (Å²) in [6.45, 7) is 3.89. The number of halogens is 1. The summed E-state index contributed by atoms with van der Waals surface area (Å²) < 4.78 is 27.9. The fraction of sp³-hybridized carbons (Fsp3) is 0.259. The van der Waals surface area contributed by atoms with E-state index in [1.165, 1.54) is 22.9 Å². The van der Waals surface area contributed by atoms with Crippen LogP contribution in [0.5, 0.6) is 5.75 Å². The van der Waals surface area contributed by atoms with Gasteiger partial charge < -0.3 is 14.8 Å². The molecule has 5 aromatic rings. The standard InChI is InChI=1S/C27H27FN6O3/c1-18-17-33(24-14-19(28)4-5-21(18)24)25-6-7-26(35)34(32-25)11-10-30-22-8-9-29-23-15-20(16-31-27(22)23)37-13-3-12-36-2/h4-9,14-17H,3,10-13H2,1-2H3,(H,29,30). The number of methoxy groups -OCH3 is 1. The lowest BCUT2D eigenvalue weighted by molar-refractivity contribution is 0.172. The number of fused-ring (bicyclic) bond motifs is 2. The summed E-state index contributed by atoms with van der Waals surface area (Å²) in [4.78, 5) is 21.4. The molecule has 0 radical (unpaired) electrons. The molecule has 0 aliphatic rings. The van der Waals surface area contributed by atoms with Crippen LogP contribution in [0.15, 0.2) is 65.8 Å². The number of nitrogens with one attached hydrogen (secondary N) is 1. The number of pyridine rings is 2. The van der Waals surface area contributed by atoms with Gasteiger partial charge in [0.05, 0.1) is 36.1 Å². The Bertz CT molecular complexity index is 1610. The van der Waals surface area contributed by atoms with E-state index in [0.717, 1.165) is 23.1 Å². The van der Waals surface area contributed by atoms with E-state index in [2.05, 4.69) is 20.4 Å². The van der Waals surface area contributed by atoms with Gasteiger partial charge in [-0.25, -0.2) is 14.1 Å². The number of rotatable bonds is 10. The predicted molar refractivity (Wildman–Crippen MR) is 140 cm³/mol. The lowest BCUT2D eigenvalue weighted by atomic mass is 10.2. The molecule has 0 spiro atoms. The SMILES string of the molecule is COCCCOc1cnc2c(NCCn3nc(-n4cc(C)c5ccc(F)cc54)ccc3=O)ccnc2c1. The average molecular weight is 503 g/mol. The molecule has 4 heterocycles. The first-order chi connectivity index (χ1) is 18.0. The van der Waals surface area contributed by atoms with Gasteiger partial charge in [0.25, 0.3) is 5.56 Å². The molecule has 1 aromatic carbocycles. The number of aryl methyl sites for hydroxylation is 1. The van der Waals surface area contributed by atoms with Gasteiger partial charge in [0.1, 0.15) is 17.1 Å². The number of hydrogen-bond donors (Lipinski definition) is 1. The van der Waals surface area contributed by atoms with E-state index in [1.54, 1.807) is 36.2 Å². The number of ether oxygens (including phenoxy) is 2. The summed E-state index contributed by atoms with van der Waals surface area (Å²) in [6.07, 6.45) is 6.05. The summed E-state index contributed by atoms with van der Waals surface area (Å²) in [5.41, 5.74) is 3.67. The first-order valence-electron chi connectivity index (χ1n) is 12.0. The first kappa shape index (κ1) is 24.4. The van der Waals surface area contributed by atoms with Crippen molar-refractivity contribution in [3.8, 4) is 11.6 Å². The summed E-state index contributed by atoms with van der Waals surface area (Å²) in [5, 5.41) is 8.79. The monoisotopic (exact) mass is 502 g/mol. The van der Waals surface area contributed by atoms with Crippen molar-refractivity contribution >= 4 is 27.6 Å². The highest BCUT2D eigenvalue weighted by atomic mass is 19.1. The van der Waals surface area contributed by atoms with E-state index in [1.807, 2.05) is 25.3 Å². The second-order valence-electron chi connectivity index (χ2n) is 8.62. The van der Waals surface area contributed by atoms with E-state index >= 15 is 0 Å². The molecule has 0 bridgehead atoms. The van der Waals surface area contributed by atoms with Crippen LogP contribution in [-0.4, -0.2) is 51.2 Å². The van der Waals surface area contributed by atoms with Crippen LogP contribution < -0.4 is 15.6 Å². The van der Waals surface area contributed by atoms with Crippen molar-refractivity contribution in [2.75, 3.05) is 32.2 Å². The molecule has 1 N–H and O–H groups in total. The van der Waals surface area contributed by atoms with Crippen molar-refractivity contribution in [2.24, 2.45) is 0 Å². The first-order valence-corrected chi connectivity index (χ1v) is 12.0. The average Bonchev–Trinajstić information content (AvgIpc) is 3.23. The topological polar surface area (TPSA) is 96.1 Å². The fourth-order valence-electron chi connectivity index (χ4n) is 4.21. The molecule has 0 aliphatic heterocycles. The Balaban J connectivity index is 1.31. The van der Waals surface area contributed by atoms with Crippen LogP contribution in [0.1, 0.15) is 12.0 Å². The van der Waals surface area contributed by atoms with Crippen LogP contribution >= 0.6 is 0 Å². The molecule has 9 nitrogen and oxygen atoms in total. The van der Waals surface area contributed by atoms with Crippen molar-refractivity contribution in [2.45, 2.75) is 19.9 Å². The minimum absolute atomic E-state index is 0.224. The molecule has 0 aliphatic carbocycles. The number of hydrogen-bond acceptors (Lipinski definition) is 7. The summed E-state index contributed by atoms with van der Waals surface area (Å²) in [5.74, 6) is 0.859. The van der Waals surface area contributed by atoms with E-state index in [4.69, 9.17) is 9.47 Å². The Morgan fingerprint density at radius 1 is 1.08 bits per heavy atom. The van der Waals surface area contributed by atoms with Crippen molar-refractivity contribution in [3.05, 3.63) is 82.8 Å². The van der Waals surface area contributed by atoms with Gasteiger partial charge in [0.2, 0.25) is 0 Å². The molecule has 37 heavy (non-hydrogen) atoms. The highest BCUT2D eigenvalue weighted by molar-refractivity contribution is 5.88. The van der Waals surface area contributed by atoms with Crippen LogP contribution in [-0.2, 0) is 11.3 Å². The molecule has 5 rings (SSSR count). The normalized spacial score (nSPS) is 11.3. The maximum atomic E-state index is 13.9. The third kappa shape index (κ3) is 5.29. The van der Waals surface area contributed by atoms with Gasteiger partial charge in [-0.05, 0) is 42.8 Å². The summed E-state index contributed by atoms with van der Waals surface area (Å²) in [7, 11) is 1.66. The van der Waals surface area contributed by atoms with Crippen molar-refractivity contribution < 1.29 is 13.9 Å². The molecule has 0 unspecified atom stereocenters. The summed E-state index contributed by atoms with van der Waals surface area (Å²) >= 11 is 0. The molecule has 0 fully saturated rings. The summed E-state index contributed by atoms with van der Waals surface area (Å²) in [6, 6.07) is 11.5. The zero-order chi connectivity index (χ0) is 25.8. The molecule has 4 aromatic heterocycles. The maximum Gasteiger partial charge on any atom is 0.266 e. The molecule has 0 saturated heterocycles. The van der Waals surface area contributed by atoms with E-state index < -0.39 is 0 Å². The molecule has 10 heteroatoms. The Morgan fingerprint density at radius 2 is 1.97 bits per heavy atom. The van der Waals surface area contributed by atoms with Crippen LogP contribution in [0.2, 0.25) is 0 Å². The molecule has 0 atom stereocenters. The van der Waals surface area contributed by atoms with E-state index in [0.29, 0.717) is 54.4 Å². The Morgan fingerprint density at radius 3 is 2.84 bits per heavy atom. The van der Waals surface area contributed by atoms with Crippen molar-refractivity contribution in [3.63, 3.8) is 0 Å². The quantitative estimate of drug-likeness (QED) is 0.287. The largest absolute Gasteiger partial charge is 0.492 e. The van der Waals surface area contributed by atoms with Crippen molar-refractivity contribution in [1.82, 2.24) is 24.3 Å². The fourth-order valence-corrected chi connectivity index (χ4v) is 4.21. The maximum absolute atomic E-state index is 13.9. The minimum atomic E-state index is -0.327. The van der Waals surface area contributed by atoms with Crippen LogP contribution in [0, 0.1) is 12.7 Å². The molecule has 190 valence electrons. The second-order valence-corrected chi connectivity index (χ2v) is 8.62.